The number of benzene rings is 1. The molecule has 0 saturated carbocycles. The number of hydrogen-bond donors (Lipinski definition) is 0. The van der Waals surface area contributed by atoms with Gasteiger partial charge in [-0.25, -0.2) is 12.8 Å². The van der Waals surface area contributed by atoms with Gasteiger partial charge in [0, 0.05) is 43.4 Å². The van der Waals surface area contributed by atoms with Crippen molar-refractivity contribution in [1.29, 1.82) is 0 Å². The molecule has 1 aromatic heterocycles. The van der Waals surface area contributed by atoms with Crippen LogP contribution in [0.25, 0.3) is 0 Å². The zero-order valence-electron chi connectivity index (χ0n) is 16.1. The number of carbonyl (C=O) groups is 1. The van der Waals surface area contributed by atoms with E-state index < -0.39 is 9.84 Å². The topological polar surface area (TPSA) is 83.5 Å². The van der Waals surface area contributed by atoms with E-state index in [9.17, 15) is 17.6 Å². The Hall–Kier alpha value is -1.91. The van der Waals surface area contributed by atoms with Gasteiger partial charge in [-0.1, -0.05) is 16.6 Å². The van der Waals surface area contributed by atoms with Gasteiger partial charge in [-0.2, -0.15) is 0 Å². The average Bonchev–Trinajstić information content (AvgIpc) is 3.41. The highest BCUT2D eigenvalue weighted by Gasteiger charge is 2.38. The maximum Gasteiger partial charge on any atom is 0.236 e. The van der Waals surface area contributed by atoms with E-state index in [1.54, 1.807) is 24.1 Å². The fourth-order valence-corrected chi connectivity index (χ4v) is 6.58. The minimum atomic E-state index is -3.04. The van der Waals surface area contributed by atoms with Gasteiger partial charge < -0.3 is 4.90 Å². The fraction of sp³-hybridized carbons (Fsp3) is 0.526. The van der Waals surface area contributed by atoms with Crippen LogP contribution in [0, 0.1) is 5.82 Å². The van der Waals surface area contributed by atoms with E-state index in [0.717, 1.165) is 11.3 Å². The summed E-state index contributed by atoms with van der Waals surface area (Å²) in [5.41, 5.74) is 1.89. The molecule has 7 nitrogen and oxygen atoms in total. The molecule has 156 valence electrons. The minimum Gasteiger partial charge on any atom is -0.341 e. The first kappa shape index (κ1) is 20.4. The molecule has 3 atom stereocenters. The second-order valence-corrected chi connectivity index (χ2v) is 10.7. The van der Waals surface area contributed by atoms with E-state index in [1.807, 2.05) is 5.38 Å². The lowest BCUT2D eigenvalue weighted by Crippen LogP contribution is -2.43. The molecular formula is C19H23FN4O3S2. The molecule has 3 heterocycles. The van der Waals surface area contributed by atoms with Crippen molar-refractivity contribution in [2.75, 3.05) is 38.2 Å². The van der Waals surface area contributed by atoms with E-state index in [0.29, 0.717) is 19.5 Å². The van der Waals surface area contributed by atoms with Gasteiger partial charge in [0.25, 0.3) is 0 Å². The number of amides is 1. The summed E-state index contributed by atoms with van der Waals surface area (Å²) in [6, 6.07) is 6.23. The number of nitrogens with zero attached hydrogens (tertiary/aromatic N) is 4. The third-order valence-corrected chi connectivity index (χ3v) is 8.23. The van der Waals surface area contributed by atoms with Crippen molar-refractivity contribution in [3.63, 3.8) is 0 Å². The normalized spacial score (nSPS) is 26.6. The summed E-state index contributed by atoms with van der Waals surface area (Å²) < 4.78 is 40.8. The van der Waals surface area contributed by atoms with Crippen LogP contribution in [0.5, 0.6) is 0 Å². The Kier molecular flexibility index (Phi) is 5.67. The second kappa shape index (κ2) is 8.08. The minimum absolute atomic E-state index is 0.0422. The molecule has 0 spiro atoms. The number of carbonyl (C=O) groups excluding carboxylic acids is 1. The van der Waals surface area contributed by atoms with Gasteiger partial charge in [0.15, 0.2) is 9.84 Å². The molecule has 2 aliphatic rings. The van der Waals surface area contributed by atoms with Gasteiger partial charge in [0.2, 0.25) is 5.91 Å². The molecule has 1 unspecified atom stereocenters. The first-order valence-corrected chi connectivity index (χ1v) is 12.2. The third-order valence-electron chi connectivity index (χ3n) is 5.96. The standard InChI is InChI=1S/C19H23FN4O3S2/c1-23(15-6-7-29(26,27)12-15)19(25)10-24-8-16(13-2-4-14(20)5-3-13)17(9-24)18-11-28-22-21-18/h2-5,11,15-17H,6-10,12H2,1H3/t15?,16-,17+/m1/s1. The molecule has 2 fully saturated rings. The summed E-state index contributed by atoms with van der Waals surface area (Å²) in [7, 11) is -1.36. The SMILES string of the molecule is CN(C(=O)CN1C[C@H](c2ccc(F)cc2)[C@@H](c2csnn2)C1)C1CCS(=O)(=O)C1. The summed E-state index contributed by atoms with van der Waals surface area (Å²) in [4.78, 5) is 16.4. The molecule has 4 rings (SSSR count). The number of rotatable bonds is 5. The largest absolute Gasteiger partial charge is 0.341 e. The molecule has 0 N–H and O–H groups in total. The lowest BCUT2D eigenvalue weighted by atomic mass is 9.87. The van der Waals surface area contributed by atoms with Crippen LogP contribution in [0.15, 0.2) is 29.6 Å². The monoisotopic (exact) mass is 438 g/mol. The number of aromatic nitrogens is 2. The molecule has 10 heteroatoms. The number of halogens is 1. The average molecular weight is 439 g/mol. The first-order chi connectivity index (χ1) is 13.8. The summed E-state index contributed by atoms with van der Waals surface area (Å²) in [6.07, 6.45) is 0.496. The molecule has 2 aromatic rings. The number of hydrogen-bond acceptors (Lipinski definition) is 7. The van der Waals surface area contributed by atoms with Crippen LogP contribution in [0.1, 0.15) is 29.5 Å². The highest BCUT2D eigenvalue weighted by molar-refractivity contribution is 7.91. The number of sulfone groups is 1. The Balaban J connectivity index is 1.47. The third kappa shape index (κ3) is 4.49. The van der Waals surface area contributed by atoms with Gasteiger partial charge in [-0.05, 0) is 35.6 Å². The molecular weight excluding hydrogens is 415 g/mol. The van der Waals surface area contributed by atoms with E-state index in [2.05, 4.69) is 14.5 Å². The van der Waals surface area contributed by atoms with Crippen molar-refractivity contribution in [2.24, 2.45) is 0 Å². The molecule has 0 radical (unpaired) electrons. The van der Waals surface area contributed by atoms with Crippen molar-refractivity contribution >= 4 is 27.3 Å². The predicted molar refractivity (Wildman–Crippen MR) is 108 cm³/mol. The lowest BCUT2D eigenvalue weighted by molar-refractivity contribution is -0.132. The second-order valence-electron chi connectivity index (χ2n) is 7.85. The Morgan fingerprint density at radius 2 is 2.00 bits per heavy atom. The predicted octanol–water partition coefficient (Wildman–Crippen LogP) is 1.51. The van der Waals surface area contributed by atoms with Crippen LogP contribution < -0.4 is 0 Å². The molecule has 0 bridgehead atoms. The summed E-state index contributed by atoms with van der Waals surface area (Å²) in [5, 5.41) is 6.14. The zero-order chi connectivity index (χ0) is 20.6. The molecule has 29 heavy (non-hydrogen) atoms. The van der Waals surface area contributed by atoms with Crippen LogP contribution in [-0.4, -0.2) is 77.9 Å². The molecule has 2 aliphatic heterocycles. The van der Waals surface area contributed by atoms with Gasteiger partial charge in [-0.15, -0.1) is 5.10 Å². The van der Waals surface area contributed by atoms with Crippen molar-refractivity contribution in [3.05, 3.63) is 46.7 Å². The van der Waals surface area contributed by atoms with E-state index in [1.165, 1.54) is 23.7 Å². The van der Waals surface area contributed by atoms with Crippen LogP contribution >= 0.6 is 11.5 Å². The Morgan fingerprint density at radius 1 is 1.28 bits per heavy atom. The summed E-state index contributed by atoms with van der Waals surface area (Å²) >= 11 is 1.29. The van der Waals surface area contributed by atoms with Gasteiger partial charge in [0.05, 0.1) is 23.7 Å². The Labute approximate surface area is 173 Å². The molecule has 1 amide bonds. The highest BCUT2D eigenvalue weighted by atomic mass is 32.2. The quantitative estimate of drug-likeness (QED) is 0.704. The van der Waals surface area contributed by atoms with Crippen LogP contribution in [0.3, 0.4) is 0 Å². The highest BCUT2D eigenvalue weighted by Crippen LogP contribution is 2.39. The molecule has 0 aliphatic carbocycles. The molecule has 2 saturated heterocycles. The number of likely N-dealkylation sites (tertiary alicyclic amines) is 1. The fourth-order valence-electron chi connectivity index (χ4n) is 4.28. The lowest BCUT2D eigenvalue weighted by Gasteiger charge is -2.26. The zero-order valence-corrected chi connectivity index (χ0v) is 17.7. The number of likely N-dealkylation sites (N-methyl/N-ethyl adjacent to an activating group) is 1. The Bertz CT molecular complexity index is 966. The smallest absolute Gasteiger partial charge is 0.236 e. The van der Waals surface area contributed by atoms with Gasteiger partial charge in [0.1, 0.15) is 5.82 Å². The van der Waals surface area contributed by atoms with Gasteiger partial charge in [-0.3, -0.25) is 9.69 Å². The van der Waals surface area contributed by atoms with Gasteiger partial charge >= 0.3 is 0 Å². The van der Waals surface area contributed by atoms with E-state index in [4.69, 9.17) is 0 Å². The maximum absolute atomic E-state index is 13.4. The summed E-state index contributed by atoms with van der Waals surface area (Å²) in [6.45, 7) is 1.52. The maximum atomic E-state index is 13.4. The van der Waals surface area contributed by atoms with Crippen LogP contribution in [0.2, 0.25) is 0 Å². The van der Waals surface area contributed by atoms with Crippen LogP contribution in [-0.2, 0) is 14.6 Å². The first-order valence-electron chi connectivity index (χ1n) is 9.53. The molecule has 1 aromatic carbocycles. The van der Waals surface area contributed by atoms with Crippen molar-refractivity contribution in [1.82, 2.24) is 19.4 Å². The van der Waals surface area contributed by atoms with E-state index >= 15 is 0 Å². The van der Waals surface area contributed by atoms with E-state index in [-0.39, 0.29) is 47.7 Å². The van der Waals surface area contributed by atoms with Crippen molar-refractivity contribution < 1.29 is 17.6 Å². The Morgan fingerprint density at radius 3 is 2.62 bits per heavy atom. The summed E-state index contributed by atoms with van der Waals surface area (Å²) in [5.74, 6) is -0.0140. The van der Waals surface area contributed by atoms with Crippen molar-refractivity contribution in [2.45, 2.75) is 24.3 Å². The van der Waals surface area contributed by atoms with Crippen molar-refractivity contribution in [3.8, 4) is 0 Å². The van der Waals surface area contributed by atoms with Crippen LogP contribution in [0.4, 0.5) is 4.39 Å².